The van der Waals surface area contributed by atoms with Gasteiger partial charge >= 0.3 is 0 Å². The molecule has 1 unspecified atom stereocenters. The number of aromatic nitrogens is 1. The van der Waals surface area contributed by atoms with Crippen LogP contribution in [0.5, 0.6) is 5.75 Å². The molecule has 1 aliphatic rings. The van der Waals surface area contributed by atoms with Crippen molar-refractivity contribution in [3.63, 3.8) is 0 Å². The molecule has 2 heterocycles. The molecule has 0 aliphatic carbocycles. The topological polar surface area (TPSA) is 34.2 Å². The molecule has 0 bridgehead atoms. The van der Waals surface area contributed by atoms with Gasteiger partial charge in [0.15, 0.2) is 0 Å². The Morgan fingerprint density at radius 1 is 1.50 bits per heavy atom. The monoisotopic (exact) mass is 324 g/mol. The molecule has 0 saturated carbocycles. The molecule has 3 nitrogen and oxygen atoms in total. The van der Waals surface area contributed by atoms with Crippen molar-refractivity contribution in [1.82, 2.24) is 10.3 Å². The van der Waals surface area contributed by atoms with Crippen LogP contribution in [-0.4, -0.2) is 11.6 Å². The summed E-state index contributed by atoms with van der Waals surface area (Å²) in [5, 5.41) is 5.63. The van der Waals surface area contributed by atoms with Crippen LogP contribution < -0.4 is 10.1 Å². The van der Waals surface area contributed by atoms with Gasteiger partial charge in [-0.15, -0.1) is 11.3 Å². The second-order valence-electron chi connectivity index (χ2n) is 4.23. The number of hydrogen-bond acceptors (Lipinski definition) is 4. The molecule has 3 rings (SSSR count). The quantitative estimate of drug-likeness (QED) is 0.938. The second kappa shape index (κ2) is 5.38. The van der Waals surface area contributed by atoms with E-state index in [1.807, 2.05) is 17.6 Å². The van der Waals surface area contributed by atoms with E-state index >= 15 is 0 Å². The van der Waals surface area contributed by atoms with Gasteiger partial charge < -0.3 is 10.1 Å². The SMILES string of the molecule is Brc1ccc2c(c1)C(NCc1cscn1)CCO2. The molecule has 0 saturated heterocycles. The number of ether oxygens (including phenoxy) is 1. The van der Waals surface area contributed by atoms with Crippen LogP contribution in [0.1, 0.15) is 23.7 Å². The van der Waals surface area contributed by atoms with Crippen molar-refractivity contribution in [2.24, 2.45) is 0 Å². The summed E-state index contributed by atoms with van der Waals surface area (Å²) < 4.78 is 6.76. The van der Waals surface area contributed by atoms with Crippen LogP contribution in [0, 0.1) is 0 Å². The first-order chi connectivity index (χ1) is 8.83. The van der Waals surface area contributed by atoms with E-state index in [0.29, 0.717) is 6.04 Å². The van der Waals surface area contributed by atoms with E-state index in [9.17, 15) is 0 Å². The maximum atomic E-state index is 5.67. The van der Waals surface area contributed by atoms with E-state index in [1.165, 1.54) is 5.56 Å². The summed E-state index contributed by atoms with van der Waals surface area (Å²) in [5.41, 5.74) is 4.19. The van der Waals surface area contributed by atoms with Crippen molar-refractivity contribution in [3.05, 3.63) is 44.8 Å². The fourth-order valence-electron chi connectivity index (χ4n) is 2.13. The number of nitrogens with one attached hydrogen (secondary N) is 1. The number of hydrogen-bond donors (Lipinski definition) is 1. The number of halogens is 1. The molecule has 94 valence electrons. The fraction of sp³-hybridized carbons (Fsp3) is 0.308. The van der Waals surface area contributed by atoms with Gasteiger partial charge in [0.25, 0.3) is 0 Å². The highest BCUT2D eigenvalue weighted by Crippen LogP contribution is 2.34. The van der Waals surface area contributed by atoms with Crippen LogP contribution >= 0.6 is 27.3 Å². The average molecular weight is 325 g/mol. The molecular formula is C13H13BrN2OS. The van der Waals surface area contributed by atoms with Gasteiger partial charge in [-0.25, -0.2) is 4.98 Å². The van der Waals surface area contributed by atoms with E-state index < -0.39 is 0 Å². The Labute approximate surface area is 118 Å². The Hall–Kier alpha value is -0.910. The van der Waals surface area contributed by atoms with Gasteiger partial charge in [-0.3, -0.25) is 0 Å². The second-order valence-corrected chi connectivity index (χ2v) is 5.87. The van der Waals surface area contributed by atoms with Gasteiger partial charge in [-0.05, 0) is 18.2 Å². The van der Waals surface area contributed by atoms with Gasteiger partial charge in [0.2, 0.25) is 0 Å². The van der Waals surface area contributed by atoms with Crippen molar-refractivity contribution >= 4 is 27.3 Å². The number of rotatable bonds is 3. The third-order valence-corrected chi connectivity index (χ3v) is 4.15. The van der Waals surface area contributed by atoms with Crippen molar-refractivity contribution in [2.75, 3.05) is 6.61 Å². The first-order valence-electron chi connectivity index (χ1n) is 5.85. The van der Waals surface area contributed by atoms with Crippen LogP contribution in [0.2, 0.25) is 0 Å². The Morgan fingerprint density at radius 3 is 3.28 bits per heavy atom. The zero-order valence-corrected chi connectivity index (χ0v) is 12.1. The van der Waals surface area contributed by atoms with Crippen LogP contribution in [0.4, 0.5) is 0 Å². The summed E-state index contributed by atoms with van der Waals surface area (Å²) in [6.45, 7) is 1.57. The minimum atomic E-state index is 0.341. The Balaban J connectivity index is 1.76. The zero-order chi connectivity index (χ0) is 12.4. The number of benzene rings is 1. The van der Waals surface area contributed by atoms with Crippen LogP contribution in [-0.2, 0) is 6.54 Å². The zero-order valence-electron chi connectivity index (χ0n) is 9.73. The summed E-state index contributed by atoms with van der Waals surface area (Å²) in [7, 11) is 0. The molecule has 18 heavy (non-hydrogen) atoms. The lowest BCUT2D eigenvalue weighted by Crippen LogP contribution is -2.26. The fourth-order valence-corrected chi connectivity index (χ4v) is 3.07. The van der Waals surface area contributed by atoms with E-state index in [1.54, 1.807) is 11.3 Å². The van der Waals surface area contributed by atoms with Gasteiger partial charge in [-0.2, -0.15) is 0 Å². The largest absolute Gasteiger partial charge is 0.493 e. The van der Waals surface area contributed by atoms with Crippen molar-refractivity contribution in [2.45, 2.75) is 19.0 Å². The van der Waals surface area contributed by atoms with E-state index in [-0.39, 0.29) is 0 Å². The van der Waals surface area contributed by atoms with Gasteiger partial charge in [0.05, 0.1) is 17.8 Å². The Bertz CT molecular complexity index is 530. The average Bonchev–Trinajstić information content (AvgIpc) is 2.89. The Morgan fingerprint density at radius 2 is 2.44 bits per heavy atom. The van der Waals surface area contributed by atoms with Gasteiger partial charge in [0.1, 0.15) is 5.75 Å². The van der Waals surface area contributed by atoms with Crippen molar-refractivity contribution in [1.29, 1.82) is 0 Å². The summed E-state index contributed by atoms with van der Waals surface area (Å²) in [6.07, 6.45) is 0.994. The third kappa shape index (κ3) is 2.58. The lowest BCUT2D eigenvalue weighted by Gasteiger charge is -2.26. The molecule has 0 fully saturated rings. The molecule has 1 aliphatic heterocycles. The minimum absolute atomic E-state index is 0.341. The number of thiazole rings is 1. The smallest absolute Gasteiger partial charge is 0.124 e. The molecule has 1 N–H and O–H groups in total. The third-order valence-electron chi connectivity index (χ3n) is 3.02. The first kappa shape index (κ1) is 12.1. The van der Waals surface area contributed by atoms with Crippen LogP contribution in [0.3, 0.4) is 0 Å². The molecule has 2 aromatic rings. The van der Waals surface area contributed by atoms with Crippen molar-refractivity contribution < 1.29 is 4.74 Å². The van der Waals surface area contributed by atoms with E-state index in [0.717, 1.165) is 35.5 Å². The maximum absolute atomic E-state index is 5.67. The summed E-state index contributed by atoms with van der Waals surface area (Å²) >= 11 is 5.14. The molecule has 1 aromatic heterocycles. The summed E-state index contributed by atoms with van der Waals surface area (Å²) in [4.78, 5) is 4.29. The predicted molar refractivity (Wildman–Crippen MR) is 75.9 cm³/mol. The number of nitrogens with zero attached hydrogens (tertiary/aromatic N) is 1. The Kier molecular flexibility index (Phi) is 3.63. The number of fused-ring (bicyclic) bond motifs is 1. The summed E-state index contributed by atoms with van der Waals surface area (Å²) in [5.74, 6) is 0.986. The maximum Gasteiger partial charge on any atom is 0.124 e. The molecule has 0 radical (unpaired) electrons. The molecule has 0 amide bonds. The van der Waals surface area contributed by atoms with Gasteiger partial charge in [-0.1, -0.05) is 15.9 Å². The van der Waals surface area contributed by atoms with Crippen molar-refractivity contribution in [3.8, 4) is 5.75 Å². The van der Waals surface area contributed by atoms with Crippen LogP contribution in [0.15, 0.2) is 33.6 Å². The lowest BCUT2D eigenvalue weighted by atomic mass is 10.0. The highest BCUT2D eigenvalue weighted by atomic mass is 79.9. The van der Waals surface area contributed by atoms with Crippen LogP contribution in [0.25, 0.3) is 0 Å². The molecule has 5 heteroatoms. The molecule has 1 atom stereocenters. The highest BCUT2D eigenvalue weighted by Gasteiger charge is 2.21. The first-order valence-corrected chi connectivity index (χ1v) is 7.59. The summed E-state index contributed by atoms with van der Waals surface area (Å²) in [6, 6.07) is 6.51. The molecule has 0 spiro atoms. The normalized spacial score (nSPS) is 18.2. The minimum Gasteiger partial charge on any atom is -0.493 e. The molecule has 1 aromatic carbocycles. The predicted octanol–water partition coefficient (Wildman–Crippen LogP) is 3.52. The highest BCUT2D eigenvalue weighted by molar-refractivity contribution is 9.10. The van der Waals surface area contributed by atoms with E-state index in [4.69, 9.17) is 4.74 Å². The lowest BCUT2D eigenvalue weighted by molar-refractivity contribution is 0.252. The standard InChI is InChI=1S/C13H13BrN2OS/c14-9-1-2-13-11(5-9)12(3-4-17-13)15-6-10-7-18-8-16-10/h1-2,5,7-8,12,15H,3-4,6H2. The van der Waals surface area contributed by atoms with Gasteiger partial charge in [0, 0.05) is 34.4 Å². The molecular weight excluding hydrogens is 312 g/mol. The van der Waals surface area contributed by atoms with E-state index in [2.05, 4.69) is 37.7 Å².